The largest absolute Gasteiger partial charge is 0.451 e. The van der Waals surface area contributed by atoms with Crippen molar-refractivity contribution in [2.75, 3.05) is 18.0 Å². The number of pyridine rings is 2. The van der Waals surface area contributed by atoms with Crippen molar-refractivity contribution in [2.24, 2.45) is 7.05 Å². The summed E-state index contributed by atoms with van der Waals surface area (Å²) in [5.74, 6) is -0.291. The minimum atomic E-state index is -0.291. The van der Waals surface area contributed by atoms with E-state index < -0.39 is 0 Å². The Kier molecular flexibility index (Phi) is 5.83. The molecule has 1 unspecified atom stereocenters. The van der Waals surface area contributed by atoms with Gasteiger partial charge in [0, 0.05) is 38.3 Å². The van der Waals surface area contributed by atoms with Crippen LogP contribution in [0.2, 0.25) is 0 Å². The lowest BCUT2D eigenvalue weighted by Gasteiger charge is -2.48. The summed E-state index contributed by atoms with van der Waals surface area (Å²) in [6.45, 7) is 5.50. The number of benzene rings is 1. The summed E-state index contributed by atoms with van der Waals surface area (Å²) in [6.07, 6.45) is 3.03. The Morgan fingerprint density at radius 2 is 1.91 bits per heavy atom. The molecule has 35 heavy (non-hydrogen) atoms. The molecule has 1 saturated heterocycles. The van der Waals surface area contributed by atoms with Gasteiger partial charge in [-0.25, -0.2) is 14.4 Å². The number of nitriles is 1. The maximum Gasteiger partial charge on any atom is 0.252 e. The first kappa shape index (κ1) is 22.7. The number of oxazole rings is 1. The van der Waals surface area contributed by atoms with E-state index in [0.29, 0.717) is 29.8 Å². The van der Waals surface area contributed by atoms with Crippen LogP contribution in [-0.2, 0) is 7.05 Å². The SMILES string of the molecule is C[C@@H]1CN(c2cc(=O)n(C)c3ccc(C#N)nc23)[C@@H](C)CN1C(c1ccc(F)cc1)c1cocn1. The molecule has 1 aromatic carbocycles. The number of anilines is 1. The number of hydrogen-bond acceptors (Lipinski definition) is 7. The van der Waals surface area contributed by atoms with Gasteiger partial charge in [0.25, 0.3) is 5.56 Å². The molecule has 1 aliphatic rings. The summed E-state index contributed by atoms with van der Waals surface area (Å²) in [6, 6.07) is 13.4. The second-order valence-corrected chi connectivity index (χ2v) is 9.02. The van der Waals surface area contributed by atoms with Crippen LogP contribution in [0.1, 0.15) is 36.8 Å². The average molecular weight is 473 g/mol. The highest BCUT2D eigenvalue weighted by atomic mass is 19.1. The smallest absolute Gasteiger partial charge is 0.252 e. The van der Waals surface area contributed by atoms with Gasteiger partial charge in [-0.2, -0.15) is 5.26 Å². The third kappa shape index (κ3) is 4.06. The molecule has 0 radical (unpaired) electrons. The van der Waals surface area contributed by atoms with Crippen molar-refractivity contribution >= 4 is 16.7 Å². The van der Waals surface area contributed by atoms with E-state index in [2.05, 4.69) is 39.7 Å². The number of fused-ring (bicyclic) bond motifs is 1. The van der Waals surface area contributed by atoms with Gasteiger partial charge in [-0.3, -0.25) is 9.69 Å². The number of piperazine rings is 1. The van der Waals surface area contributed by atoms with Crippen LogP contribution in [-0.4, -0.2) is 44.6 Å². The number of aryl methyl sites for hydroxylation is 1. The van der Waals surface area contributed by atoms with Crippen LogP contribution in [0.5, 0.6) is 0 Å². The number of aromatic nitrogens is 3. The molecular formula is C26H25FN6O2. The van der Waals surface area contributed by atoms with Crippen molar-refractivity contribution in [3.05, 3.63) is 88.2 Å². The van der Waals surface area contributed by atoms with E-state index in [4.69, 9.17) is 4.42 Å². The van der Waals surface area contributed by atoms with Gasteiger partial charge in [-0.15, -0.1) is 0 Å². The molecule has 0 aliphatic carbocycles. The molecule has 0 bridgehead atoms. The van der Waals surface area contributed by atoms with Crippen molar-refractivity contribution in [1.29, 1.82) is 5.26 Å². The van der Waals surface area contributed by atoms with Gasteiger partial charge in [-0.05, 0) is 43.7 Å². The molecule has 3 atom stereocenters. The predicted octanol–water partition coefficient (Wildman–Crippen LogP) is 3.62. The van der Waals surface area contributed by atoms with Gasteiger partial charge in [0.15, 0.2) is 6.39 Å². The van der Waals surface area contributed by atoms with Crippen molar-refractivity contribution < 1.29 is 8.81 Å². The van der Waals surface area contributed by atoms with Crippen molar-refractivity contribution in [2.45, 2.75) is 32.0 Å². The van der Waals surface area contributed by atoms with E-state index in [1.54, 1.807) is 48.2 Å². The fourth-order valence-electron chi connectivity index (χ4n) is 4.98. The zero-order valence-electron chi connectivity index (χ0n) is 19.7. The summed E-state index contributed by atoms with van der Waals surface area (Å²) in [5, 5.41) is 9.39. The van der Waals surface area contributed by atoms with Gasteiger partial charge in [-0.1, -0.05) is 12.1 Å². The van der Waals surface area contributed by atoms with Gasteiger partial charge in [0.2, 0.25) is 0 Å². The van der Waals surface area contributed by atoms with Gasteiger partial charge < -0.3 is 13.9 Å². The lowest BCUT2D eigenvalue weighted by Crippen LogP contribution is -2.57. The molecular weight excluding hydrogens is 447 g/mol. The van der Waals surface area contributed by atoms with Crippen LogP contribution in [0.25, 0.3) is 11.0 Å². The Bertz CT molecular complexity index is 1460. The quantitative estimate of drug-likeness (QED) is 0.448. The fraction of sp³-hybridized carbons (Fsp3) is 0.308. The van der Waals surface area contributed by atoms with Crippen LogP contribution in [0.15, 0.2) is 64.3 Å². The Morgan fingerprint density at radius 3 is 2.60 bits per heavy atom. The van der Waals surface area contributed by atoms with Crippen molar-refractivity contribution in [1.82, 2.24) is 19.4 Å². The second-order valence-electron chi connectivity index (χ2n) is 9.02. The minimum absolute atomic E-state index is 0.0175. The first-order chi connectivity index (χ1) is 16.9. The van der Waals surface area contributed by atoms with E-state index in [9.17, 15) is 14.4 Å². The Labute approximate surface area is 201 Å². The molecule has 0 spiro atoms. The molecule has 0 saturated carbocycles. The molecule has 8 nitrogen and oxygen atoms in total. The van der Waals surface area contributed by atoms with Crippen LogP contribution in [0.4, 0.5) is 10.1 Å². The van der Waals surface area contributed by atoms with E-state index in [1.165, 1.54) is 18.5 Å². The lowest BCUT2D eigenvalue weighted by molar-refractivity contribution is 0.128. The second kappa shape index (κ2) is 8.96. The molecule has 178 valence electrons. The number of hydrogen-bond donors (Lipinski definition) is 0. The third-order valence-electron chi connectivity index (χ3n) is 6.78. The van der Waals surface area contributed by atoms with Crippen LogP contribution >= 0.6 is 0 Å². The molecule has 4 aromatic rings. The monoisotopic (exact) mass is 472 g/mol. The van der Waals surface area contributed by atoms with Crippen LogP contribution in [0.3, 0.4) is 0 Å². The fourth-order valence-corrected chi connectivity index (χ4v) is 4.98. The molecule has 3 aromatic heterocycles. The molecule has 5 rings (SSSR count). The summed E-state index contributed by atoms with van der Waals surface area (Å²) in [4.78, 5) is 26.2. The summed E-state index contributed by atoms with van der Waals surface area (Å²) in [5.41, 5.74) is 3.88. The first-order valence-electron chi connectivity index (χ1n) is 11.4. The topological polar surface area (TPSA) is 91.2 Å². The van der Waals surface area contributed by atoms with Crippen molar-refractivity contribution in [3.8, 4) is 6.07 Å². The third-order valence-corrected chi connectivity index (χ3v) is 6.78. The van der Waals surface area contributed by atoms with Gasteiger partial charge in [0.1, 0.15) is 35.1 Å². The predicted molar refractivity (Wildman–Crippen MR) is 129 cm³/mol. The summed E-state index contributed by atoms with van der Waals surface area (Å²) in [7, 11) is 1.71. The summed E-state index contributed by atoms with van der Waals surface area (Å²) < 4.78 is 20.5. The maximum atomic E-state index is 13.6. The van der Waals surface area contributed by atoms with E-state index >= 15 is 0 Å². The molecule has 9 heteroatoms. The van der Waals surface area contributed by atoms with E-state index in [-0.39, 0.29) is 29.5 Å². The molecule has 0 amide bonds. The van der Waals surface area contributed by atoms with E-state index in [0.717, 1.165) is 16.9 Å². The standard InChI is InChI=1S/C26H25FN6O2/c1-16-13-33(26(21-14-35-15-29-21)18-4-6-19(27)7-5-18)17(2)12-32(16)23-10-24(34)31(3)22-9-8-20(11-28)30-25(22)23/h4-10,14-17,26H,12-13H2,1-3H3/t16-,17+,26?/m0/s1. The van der Waals surface area contributed by atoms with Crippen LogP contribution < -0.4 is 10.5 Å². The van der Waals surface area contributed by atoms with E-state index in [1.807, 2.05) is 0 Å². The molecule has 1 fully saturated rings. The molecule has 0 N–H and O–H groups in total. The lowest BCUT2D eigenvalue weighted by atomic mass is 9.97. The Morgan fingerprint density at radius 1 is 1.14 bits per heavy atom. The minimum Gasteiger partial charge on any atom is -0.451 e. The van der Waals surface area contributed by atoms with Gasteiger partial charge in [0.05, 0.1) is 17.2 Å². The normalized spacial score (nSPS) is 19.6. The first-order valence-corrected chi connectivity index (χ1v) is 11.4. The molecule has 4 heterocycles. The summed E-state index contributed by atoms with van der Waals surface area (Å²) >= 11 is 0. The highest BCUT2D eigenvalue weighted by molar-refractivity contribution is 5.89. The number of halogens is 1. The van der Waals surface area contributed by atoms with Gasteiger partial charge >= 0.3 is 0 Å². The molecule has 1 aliphatic heterocycles. The van der Waals surface area contributed by atoms with Crippen molar-refractivity contribution in [3.63, 3.8) is 0 Å². The highest BCUT2D eigenvalue weighted by Crippen LogP contribution is 2.35. The average Bonchev–Trinajstić information content (AvgIpc) is 3.39. The number of nitrogens with zero attached hydrogens (tertiary/aromatic N) is 6. The zero-order valence-corrected chi connectivity index (χ0v) is 19.7. The Balaban J connectivity index is 1.54. The number of rotatable bonds is 4. The van der Waals surface area contributed by atoms with Crippen LogP contribution in [0, 0.1) is 17.1 Å². The highest BCUT2D eigenvalue weighted by Gasteiger charge is 2.36. The Hall–Kier alpha value is -4.03. The maximum absolute atomic E-state index is 13.6. The zero-order chi connectivity index (χ0) is 24.7.